The number of morpholine rings is 1. The number of fused-ring (bicyclic) bond motifs is 1. The molecule has 3 aromatic rings. The monoisotopic (exact) mass is 488 g/mol. The lowest BCUT2D eigenvalue weighted by Gasteiger charge is -2.33. The Bertz CT molecular complexity index is 1240. The van der Waals surface area contributed by atoms with E-state index in [0.717, 1.165) is 33.9 Å². The number of esters is 1. The van der Waals surface area contributed by atoms with Gasteiger partial charge in [-0.15, -0.1) is 0 Å². The zero-order valence-corrected chi connectivity index (χ0v) is 20.1. The molecule has 0 saturated carbocycles. The summed E-state index contributed by atoms with van der Waals surface area (Å²) in [6.07, 6.45) is 0. The number of rotatable bonds is 5. The van der Waals surface area contributed by atoms with E-state index in [0.29, 0.717) is 51.6 Å². The van der Waals surface area contributed by atoms with Gasteiger partial charge in [-0.1, -0.05) is 30.3 Å². The van der Waals surface area contributed by atoms with E-state index in [4.69, 9.17) is 18.9 Å². The fourth-order valence-corrected chi connectivity index (χ4v) is 4.32. The third-order valence-electron chi connectivity index (χ3n) is 6.26. The van der Waals surface area contributed by atoms with E-state index in [-0.39, 0.29) is 6.03 Å². The Morgan fingerprint density at radius 1 is 0.861 bits per heavy atom. The van der Waals surface area contributed by atoms with Crippen LogP contribution in [0.1, 0.15) is 15.9 Å². The minimum Gasteiger partial charge on any atom is -0.486 e. The Hall–Kier alpha value is -4.04. The van der Waals surface area contributed by atoms with Crippen LogP contribution in [-0.4, -0.2) is 63.5 Å². The van der Waals surface area contributed by atoms with Gasteiger partial charge in [0.25, 0.3) is 0 Å². The van der Waals surface area contributed by atoms with Gasteiger partial charge >= 0.3 is 12.0 Å². The molecule has 2 amide bonds. The van der Waals surface area contributed by atoms with Crippen LogP contribution in [0.25, 0.3) is 11.1 Å². The highest BCUT2D eigenvalue weighted by Gasteiger charge is 2.25. The van der Waals surface area contributed by atoms with Gasteiger partial charge in [0.05, 0.1) is 32.4 Å². The van der Waals surface area contributed by atoms with Crippen molar-refractivity contribution in [3.63, 3.8) is 0 Å². The molecule has 3 aromatic carbocycles. The Morgan fingerprint density at radius 2 is 1.58 bits per heavy atom. The molecule has 0 unspecified atom stereocenters. The third kappa shape index (κ3) is 5.13. The number of amides is 2. The summed E-state index contributed by atoms with van der Waals surface area (Å²) >= 11 is 0. The number of hydrogen-bond acceptors (Lipinski definition) is 6. The number of carbonyl (C=O) groups excluding carboxylic acids is 2. The molecule has 0 bridgehead atoms. The van der Waals surface area contributed by atoms with Gasteiger partial charge in [0, 0.05) is 18.8 Å². The number of carbonyl (C=O) groups is 2. The van der Waals surface area contributed by atoms with Crippen LogP contribution < -0.4 is 14.4 Å². The van der Waals surface area contributed by atoms with Crippen molar-refractivity contribution in [3.05, 3.63) is 77.9 Å². The predicted octanol–water partition coefficient (Wildman–Crippen LogP) is 4.37. The van der Waals surface area contributed by atoms with Crippen molar-refractivity contribution in [2.24, 2.45) is 0 Å². The molecular formula is C28H28N2O6. The number of urea groups is 1. The van der Waals surface area contributed by atoms with E-state index in [2.05, 4.69) is 0 Å². The fourth-order valence-electron chi connectivity index (χ4n) is 4.32. The van der Waals surface area contributed by atoms with Crippen molar-refractivity contribution in [2.75, 3.05) is 51.5 Å². The SMILES string of the molecule is COC(=O)c1ccc(CN(C(=O)N2CCOCC2)c2cccc(-c3ccc4c(c3)OCCO4)c2)cc1. The molecule has 36 heavy (non-hydrogen) atoms. The maximum Gasteiger partial charge on any atom is 0.337 e. The summed E-state index contributed by atoms with van der Waals surface area (Å²) in [6, 6.07) is 20.8. The number of hydrogen-bond donors (Lipinski definition) is 0. The van der Waals surface area contributed by atoms with Crippen molar-refractivity contribution < 1.29 is 28.5 Å². The van der Waals surface area contributed by atoms with Crippen molar-refractivity contribution in [2.45, 2.75) is 6.54 Å². The molecule has 2 aliphatic rings. The zero-order valence-electron chi connectivity index (χ0n) is 20.1. The summed E-state index contributed by atoms with van der Waals surface area (Å²) < 4.78 is 21.6. The van der Waals surface area contributed by atoms with E-state index in [1.165, 1.54) is 7.11 Å². The third-order valence-corrected chi connectivity index (χ3v) is 6.26. The first-order valence-corrected chi connectivity index (χ1v) is 11.9. The van der Waals surface area contributed by atoms with Gasteiger partial charge in [0.2, 0.25) is 0 Å². The minimum absolute atomic E-state index is 0.0883. The van der Waals surface area contributed by atoms with Gasteiger partial charge in [-0.05, 0) is 53.1 Å². The summed E-state index contributed by atoms with van der Waals surface area (Å²) in [7, 11) is 1.35. The molecule has 2 aliphatic heterocycles. The first-order chi connectivity index (χ1) is 17.6. The quantitative estimate of drug-likeness (QED) is 0.497. The molecule has 0 aliphatic carbocycles. The second kappa shape index (κ2) is 10.7. The summed E-state index contributed by atoms with van der Waals surface area (Å²) in [4.78, 5) is 29.0. The molecule has 5 rings (SSSR count). The highest BCUT2D eigenvalue weighted by Crippen LogP contribution is 2.35. The first kappa shape index (κ1) is 23.7. The van der Waals surface area contributed by atoms with Crippen molar-refractivity contribution in [1.29, 1.82) is 0 Å². The van der Waals surface area contributed by atoms with E-state index >= 15 is 0 Å². The van der Waals surface area contributed by atoms with Crippen LogP contribution in [-0.2, 0) is 16.0 Å². The van der Waals surface area contributed by atoms with Crippen molar-refractivity contribution >= 4 is 17.7 Å². The van der Waals surface area contributed by atoms with E-state index < -0.39 is 5.97 Å². The van der Waals surface area contributed by atoms with E-state index in [1.807, 2.05) is 59.5 Å². The van der Waals surface area contributed by atoms with Crippen LogP contribution >= 0.6 is 0 Å². The van der Waals surface area contributed by atoms with Crippen molar-refractivity contribution in [3.8, 4) is 22.6 Å². The lowest BCUT2D eigenvalue weighted by Crippen LogP contribution is -2.48. The largest absolute Gasteiger partial charge is 0.486 e. The molecule has 0 N–H and O–H groups in total. The molecule has 1 fully saturated rings. The van der Waals surface area contributed by atoms with Gasteiger partial charge in [-0.25, -0.2) is 9.59 Å². The van der Waals surface area contributed by atoms with Crippen LogP contribution in [0.2, 0.25) is 0 Å². The number of methoxy groups -OCH3 is 1. The highest BCUT2D eigenvalue weighted by atomic mass is 16.6. The van der Waals surface area contributed by atoms with Crippen molar-refractivity contribution in [1.82, 2.24) is 4.90 Å². The number of anilines is 1. The Morgan fingerprint density at radius 3 is 2.33 bits per heavy atom. The van der Waals surface area contributed by atoms with Crippen LogP contribution in [0.3, 0.4) is 0 Å². The van der Waals surface area contributed by atoms with Crippen LogP contribution in [0.5, 0.6) is 11.5 Å². The summed E-state index contributed by atoms with van der Waals surface area (Å²) in [6.45, 7) is 3.53. The molecule has 0 atom stereocenters. The molecule has 1 saturated heterocycles. The normalized spacial score (nSPS) is 14.8. The molecule has 0 spiro atoms. The number of ether oxygens (including phenoxy) is 4. The Labute approximate surface area is 209 Å². The summed E-state index contributed by atoms with van der Waals surface area (Å²) in [5.74, 6) is 1.06. The topological polar surface area (TPSA) is 77.5 Å². The second-order valence-electron chi connectivity index (χ2n) is 8.57. The molecule has 8 nitrogen and oxygen atoms in total. The van der Waals surface area contributed by atoms with Gasteiger partial charge in [-0.3, -0.25) is 4.90 Å². The number of nitrogens with zero attached hydrogens (tertiary/aromatic N) is 2. The molecule has 0 radical (unpaired) electrons. The average molecular weight is 489 g/mol. The second-order valence-corrected chi connectivity index (χ2v) is 8.57. The smallest absolute Gasteiger partial charge is 0.337 e. The van der Waals surface area contributed by atoms with Crippen LogP contribution in [0, 0.1) is 0 Å². The standard InChI is InChI=1S/C28H28N2O6/c1-33-27(31)21-7-5-20(6-8-21)19-30(28(32)29-11-13-34-14-12-29)24-4-2-3-22(17-24)23-9-10-25-26(18-23)36-16-15-35-25/h2-10,17-18H,11-16,19H2,1H3. The summed E-state index contributed by atoms with van der Waals surface area (Å²) in [5.41, 5.74) is 4.07. The minimum atomic E-state index is -0.394. The van der Waals surface area contributed by atoms with Gasteiger partial charge in [0.15, 0.2) is 11.5 Å². The van der Waals surface area contributed by atoms with E-state index in [1.54, 1.807) is 17.0 Å². The van der Waals surface area contributed by atoms with Gasteiger partial charge in [-0.2, -0.15) is 0 Å². The lowest BCUT2D eigenvalue weighted by molar-refractivity contribution is 0.0548. The van der Waals surface area contributed by atoms with Crippen LogP contribution in [0.4, 0.5) is 10.5 Å². The zero-order chi connectivity index (χ0) is 24.9. The maximum atomic E-state index is 13.6. The Balaban J connectivity index is 1.46. The molecule has 2 heterocycles. The van der Waals surface area contributed by atoms with E-state index in [9.17, 15) is 9.59 Å². The summed E-state index contributed by atoms with van der Waals surface area (Å²) in [5, 5.41) is 0. The lowest BCUT2D eigenvalue weighted by atomic mass is 10.0. The molecule has 8 heteroatoms. The highest BCUT2D eigenvalue weighted by molar-refractivity contribution is 5.93. The Kier molecular flexibility index (Phi) is 7.04. The predicted molar refractivity (Wildman–Crippen MR) is 135 cm³/mol. The molecule has 186 valence electrons. The van der Waals surface area contributed by atoms with Crippen LogP contribution in [0.15, 0.2) is 66.7 Å². The molecular weight excluding hydrogens is 460 g/mol. The van der Waals surface area contributed by atoms with Gasteiger partial charge in [0.1, 0.15) is 13.2 Å². The first-order valence-electron chi connectivity index (χ1n) is 11.9. The number of benzene rings is 3. The van der Waals surface area contributed by atoms with Gasteiger partial charge < -0.3 is 23.8 Å². The fraction of sp³-hybridized carbons (Fsp3) is 0.286. The maximum absolute atomic E-state index is 13.6. The molecule has 0 aromatic heterocycles. The average Bonchev–Trinajstić information content (AvgIpc) is 2.95.